The van der Waals surface area contributed by atoms with Gasteiger partial charge in [0, 0.05) is 25.5 Å². The second-order valence-corrected chi connectivity index (χ2v) is 5.64. The number of hydrogen-bond acceptors (Lipinski definition) is 6. The Hall–Kier alpha value is -2.16. The number of carbonyl (C=O) groups excluding carboxylic acids is 3. The number of likely N-dealkylation sites (tertiary alicyclic amines) is 1. The summed E-state index contributed by atoms with van der Waals surface area (Å²) in [7, 11) is 0. The summed E-state index contributed by atoms with van der Waals surface area (Å²) < 4.78 is 0. The Labute approximate surface area is 124 Å². The fourth-order valence-electron chi connectivity index (χ4n) is 2.20. The number of nitrogens with zero attached hydrogens (tertiary/aromatic N) is 4. The predicted molar refractivity (Wildman–Crippen MR) is 73.4 cm³/mol. The molecule has 21 heavy (non-hydrogen) atoms. The molecule has 2 saturated heterocycles. The summed E-state index contributed by atoms with van der Waals surface area (Å²) in [5.74, 6) is -0.0310. The van der Waals surface area contributed by atoms with E-state index in [1.807, 2.05) is 0 Å². The third-order valence-electron chi connectivity index (χ3n) is 3.33. The number of imide groups is 1. The molecule has 2 aliphatic rings. The van der Waals surface area contributed by atoms with Crippen molar-refractivity contribution in [2.45, 2.75) is 11.2 Å². The van der Waals surface area contributed by atoms with E-state index in [-0.39, 0.29) is 36.2 Å². The third kappa shape index (κ3) is 2.82. The summed E-state index contributed by atoms with van der Waals surface area (Å²) in [6.45, 7) is 0.840. The van der Waals surface area contributed by atoms with Crippen LogP contribution in [-0.2, 0) is 9.59 Å². The number of carbonyl (C=O) groups is 3. The number of urea groups is 1. The van der Waals surface area contributed by atoms with Crippen LogP contribution in [-0.4, -0.2) is 69.0 Å². The Bertz CT molecular complexity index is 560. The van der Waals surface area contributed by atoms with E-state index in [1.165, 1.54) is 16.7 Å². The van der Waals surface area contributed by atoms with Crippen LogP contribution in [0.25, 0.3) is 0 Å². The molecule has 3 rings (SSSR count). The first-order valence-corrected chi connectivity index (χ1v) is 7.41. The lowest BCUT2D eigenvalue weighted by Crippen LogP contribution is -2.62. The Kier molecular flexibility index (Phi) is 3.74. The van der Waals surface area contributed by atoms with Gasteiger partial charge in [-0.1, -0.05) is 11.8 Å². The van der Waals surface area contributed by atoms with E-state index in [2.05, 4.69) is 15.3 Å². The molecule has 1 N–H and O–H groups in total. The number of nitrogens with one attached hydrogen (secondary N) is 1. The van der Waals surface area contributed by atoms with E-state index in [4.69, 9.17) is 0 Å². The van der Waals surface area contributed by atoms with Crippen LogP contribution in [0.4, 0.5) is 4.79 Å². The maximum Gasteiger partial charge on any atom is 0.324 e. The van der Waals surface area contributed by atoms with Crippen molar-refractivity contribution in [3.63, 3.8) is 0 Å². The number of amides is 4. The Morgan fingerprint density at radius 2 is 2.05 bits per heavy atom. The molecule has 0 saturated carbocycles. The quantitative estimate of drug-likeness (QED) is 0.450. The van der Waals surface area contributed by atoms with Gasteiger partial charge in [0.2, 0.25) is 11.8 Å². The molecule has 0 aliphatic carbocycles. The van der Waals surface area contributed by atoms with Crippen LogP contribution >= 0.6 is 11.8 Å². The highest BCUT2D eigenvalue weighted by molar-refractivity contribution is 7.99. The van der Waals surface area contributed by atoms with Gasteiger partial charge in [0.1, 0.15) is 0 Å². The monoisotopic (exact) mass is 307 g/mol. The molecule has 0 aromatic carbocycles. The average molecular weight is 307 g/mol. The van der Waals surface area contributed by atoms with Crippen molar-refractivity contribution >= 4 is 29.6 Å². The highest BCUT2D eigenvalue weighted by Crippen LogP contribution is 2.20. The van der Waals surface area contributed by atoms with Gasteiger partial charge in [0.15, 0.2) is 5.16 Å². The van der Waals surface area contributed by atoms with Gasteiger partial charge in [-0.3, -0.25) is 14.5 Å². The van der Waals surface area contributed by atoms with Crippen molar-refractivity contribution in [3.8, 4) is 0 Å². The second-order valence-electron chi connectivity index (χ2n) is 4.70. The highest BCUT2D eigenvalue weighted by atomic mass is 32.2. The lowest BCUT2D eigenvalue weighted by atomic mass is 10.1. The smallest absolute Gasteiger partial charge is 0.324 e. The zero-order valence-electron chi connectivity index (χ0n) is 11.1. The average Bonchev–Trinajstić information content (AvgIpc) is 2.77. The molecule has 0 atom stereocenters. The number of thioether (sulfide) groups is 1. The van der Waals surface area contributed by atoms with Crippen molar-refractivity contribution in [2.75, 3.05) is 25.4 Å². The summed E-state index contributed by atoms with van der Waals surface area (Å²) >= 11 is 1.27. The lowest BCUT2D eigenvalue weighted by molar-refractivity contribution is -0.139. The third-order valence-corrected chi connectivity index (χ3v) is 4.19. The van der Waals surface area contributed by atoms with E-state index in [0.29, 0.717) is 18.2 Å². The molecule has 9 heteroatoms. The Morgan fingerprint density at radius 3 is 2.67 bits per heavy atom. The largest absolute Gasteiger partial charge is 0.338 e. The van der Waals surface area contributed by atoms with Crippen molar-refractivity contribution < 1.29 is 14.4 Å². The molecule has 0 bridgehead atoms. The van der Waals surface area contributed by atoms with Gasteiger partial charge in [-0.15, -0.1) is 0 Å². The topological polar surface area (TPSA) is 95.5 Å². The van der Waals surface area contributed by atoms with Gasteiger partial charge in [-0.25, -0.2) is 14.8 Å². The van der Waals surface area contributed by atoms with Gasteiger partial charge in [-0.05, 0) is 6.07 Å². The van der Waals surface area contributed by atoms with Crippen molar-refractivity contribution in [1.82, 2.24) is 25.1 Å². The van der Waals surface area contributed by atoms with Gasteiger partial charge >= 0.3 is 6.03 Å². The molecule has 110 valence electrons. The summed E-state index contributed by atoms with van der Waals surface area (Å²) in [5.41, 5.74) is 0. The molecule has 2 aliphatic heterocycles. The van der Waals surface area contributed by atoms with Crippen LogP contribution in [0.5, 0.6) is 0 Å². The van der Waals surface area contributed by atoms with Gasteiger partial charge in [0.05, 0.1) is 18.3 Å². The number of aromatic nitrogens is 2. The minimum atomic E-state index is -0.371. The molecule has 0 radical (unpaired) electrons. The fourth-order valence-corrected chi connectivity index (χ4v) is 2.91. The maximum atomic E-state index is 12.0. The minimum absolute atomic E-state index is 0.0456. The fraction of sp³-hybridized carbons (Fsp3) is 0.417. The first-order chi connectivity index (χ1) is 10.1. The molecule has 1 aromatic heterocycles. The van der Waals surface area contributed by atoms with E-state index < -0.39 is 0 Å². The minimum Gasteiger partial charge on any atom is -0.338 e. The van der Waals surface area contributed by atoms with Crippen LogP contribution in [0.15, 0.2) is 23.6 Å². The SMILES string of the molecule is O=C(CSc1ncccn1)N1CC(N2C(=O)CNC2=O)C1. The van der Waals surface area contributed by atoms with Crippen LogP contribution in [0.2, 0.25) is 0 Å². The summed E-state index contributed by atoms with van der Waals surface area (Å²) in [6, 6.07) is 1.13. The Morgan fingerprint density at radius 1 is 1.33 bits per heavy atom. The normalized spacial score (nSPS) is 18.7. The molecule has 0 spiro atoms. The van der Waals surface area contributed by atoms with Crippen LogP contribution in [0, 0.1) is 0 Å². The molecular formula is C12H13N5O3S. The van der Waals surface area contributed by atoms with Crippen molar-refractivity contribution in [2.24, 2.45) is 0 Å². The Balaban J connectivity index is 1.46. The van der Waals surface area contributed by atoms with E-state index in [0.717, 1.165) is 0 Å². The van der Waals surface area contributed by atoms with Gasteiger partial charge in [0.25, 0.3) is 0 Å². The first-order valence-electron chi connectivity index (χ1n) is 6.42. The number of hydrogen-bond donors (Lipinski definition) is 1. The molecular weight excluding hydrogens is 294 g/mol. The van der Waals surface area contributed by atoms with Crippen LogP contribution < -0.4 is 5.32 Å². The van der Waals surface area contributed by atoms with Crippen LogP contribution in [0.3, 0.4) is 0 Å². The van der Waals surface area contributed by atoms with Gasteiger partial charge < -0.3 is 10.2 Å². The van der Waals surface area contributed by atoms with E-state index in [1.54, 1.807) is 23.4 Å². The second kappa shape index (κ2) is 5.68. The van der Waals surface area contributed by atoms with Crippen molar-refractivity contribution in [3.05, 3.63) is 18.5 Å². The van der Waals surface area contributed by atoms with Gasteiger partial charge in [-0.2, -0.15) is 0 Å². The summed E-state index contributed by atoms with van der Waals surface area (Å²) in [6.07, 6.45) is 3.24. The zero-order chi connectivity index (χ0) is 14.8. The van der Waals surface area contributed by atoms with Crippen molar-refractivity contribution in [1.29, 1.82) is 0 Å². The molecule has 3 heterocycles. The molecule has 0 unspecified atom stereocenters. The van der Waals surface area contributed by atoms with E-state index >= 15 is 0 Å². The van der Waals surface area contributed by atoms with Crippen LogP contribution in [0.1, 0.15) is 0 Å². The summed E-state index contributed by atoms with van der Waals surface area (Å²) in [4.78, 5) is 45.9. The highest BCUT2D eigenvalue weighted by Gasteiger charge is 2.42. The summed E-state index contributed by atoms with van der Waals surface area (Å²) in [5, 5.41) is 3.03. The number of rotatable bonds is 4. The molecule has 8 nitrogen and oxygen atoms in total. The van der Waals surface area contributed by atoms with E-state index in [9.17, 15) is 14.4 Å². The molecule has 1 aromatic rings. The molecule has 4 amide bonds. The first kappa shape index (κ1) is 13.8. The lowest BCUT2D eigenvalue weighted by Gasteiger charge is -2.42. The predicted octanol–water partition coefficient (Wildman–Crippen LogP) is -0.669. The zero-order valence-corrected chi connectivity index (χ0v) is 11.9. The maximum absolute atomic E-state index is 12.0. The standard InChI is InChI=1S/C12H13N5O3S/c18-9-4-15-12(20)17(9)8-5-16(6-8)10(19)7-21-11-13-2-1-3-14-11/h1-3,8H,4-7H2,(H,15,20). The molecule has 2 fully saturated rings.